The number of aliphatic carboxylic acids is 1. The first-order chi connectivity index (χ1) is 8.63. The molecule has 104 valence electrons. The lowest BCUT2D eigenvalue weighted by Gasteiger charge is -2.20. The summed E-state index contributed by atoms with van der Waals surface area (Å²) in [7, 11) is 0. The number of carboxylic acid groups (broad SMARTS) is 1. The zero-order chi connectivity index (χ0) is 13.4. The molecule has 1 aliphatic rings. The number of nitrogens with zero attached hydrogens (tertiary/aromatic N) is 1. The summed E-state index contributed by atoms with van der Waals surface area (Å²) in [5.41, 5.74) is 0. The van der Waals surface area contributed by atoms with Crippen LogP contribution in [-0.2, 0) is 4.79 Å². The quantitative estimate of drug-likeness (QED) is 0.529. The fraction of sp³-hybridized carbons (Fsp3) is 0.833. The van der Waals surface area contributed by atoms with Crippen molar-refractivity contribution in [2.45, 2.75) is 38.6 Å². The van der Waals surface area contributed by atoms with E-state index in [9.17, 15) is 9.59 Å². The SMILES string of the molecule is CCCN(CC(=O)O)C(=O)NCCCNC1CC1. The average molecular weight is 257 g/mol. The summed E-state index contributed by atoms with van der Waals surface area (Å²) in [6.07, 6.45) is 4.14. The van der Waals surface area contributed by atoms with E-state index in [-0.39, 0.29) is 12.6 Å². The summed E-state index contributed by atoms with van der Waals surface area (Å²) in [6.45, 7) is 3.64. The van der Waals surface area contributed by atoms with E-state index >= 15 is 0 Å². The number of rotatable bonds is 9. The van der Waals surface area contributed by atoms with Crippen molar-refractivity contribution in [1.82, 2.24) is 15.5 Å². The standard InChI is InChI=1S/C12H23N3O3/c1-2-8-15(9-11(16)17)12(18)14-7-3-6-13-10-4-5-10/h10,13H,2-9H2,1H3,(H,14,18)(H,16,17). The van der Waals surface area contributed by atoms with Gasteiger partial charge in [0, 0.05) is 19.1 Å². The molecule has 0 aromatic heterocycles. The molecule has 0 aliphatic heterocycles. The summed E-state index contributed by atoms with van der Waals surface area (Å²) in [4.78, 5) is 23.7. The molecule has 0 atom stereocenters. The van der Waals surface area contributed by atoms with Gasteiger partial charge < -0.3 is 20.6 Å². The van der Waals surface area contributed by atoms with Gasteiger partial charge in [0.25, 0.3) is 0 Å². The van der Waals surface area contributed by atoms with Gasteiger partial charge in [-0.1, -0.05) is 6.92 Å². The molecule has 3 N–H and O–H groups in total. The third-order valence-corrected chi connectivity index (χ3v) is 2.75. The second kappa shape index (κ2) is 7.92. The van der Waals surface area contributed by atoms with Crippen molar-refractivity contribution in [3.8, 4) is 0 Å². The Bertz CT molecular complexity index is 280. The van der Waals surface area contributed by atoms with Crippen molar-refractivity contribution in [2.75, 3.05) is 26.2 Å². The zero-order valence-corrected chi connectivity index (χ0v) is 10.9. The fourth-order valence-electron chi connectivity index (χ4n) is 1.67. The summed E-state index contributed by atoms with van der Waals surface area (Å²) < 4.78 is 0. The van der Waals surface area contributed by atoms with Gasteiger partial charge >= 0.3 is 12.0 Å². The lowest BCUT2D eigenvalue weighted by molar-refractivity contribution is -0.137. The number of carboxylic acids is 1. The number of nitrogens with one attached hydrogen (secondary N) is 2. The highest BCUT2D eigenvalue weighted by Gasteiger charge is 2.19. The number of urea groups is 1. The van der Waals surface area contributed by atoms with Gasteiger partial charge in [0.15, 0.2) is 0 Å². The van der Waals surface area contributed by atoms with Crippen LogP contribution in [0.3, 0.4) is 0 Å². The van der Waals surface area contributed by atoms with Gasteiger partial charge in [-0.2, -0.15) is 0 Å². The molecule has 0 aromatic rings. The highest BCUT2D eigenvalue weighted by atomic mass is 16.4. The molecule has 0 saturated heterocycles. The number of carbonyl (C=O) groups is 2. The molecule has 0 unspecified atom stereocenters. The largest absolute Gasteiger partial charge is 0.480 e. The Balaban J connectivity index is 2.11. The Hall–Kier alpha value is -1.30. The minimum Gasteiger partial charge on any atom is -0.480 e. The van der Waals surface area contributed by atoms with Gasteiger partial charge in [-0.15, -0.1) is 0 Å². The third-order valence-electron chi connectivity index (χ3n) is 2.75. The van der Waals surface area contributed by atoms with Crippen LogP contribution in [0.2, 0.25) is 0 Å². The summed E-state index contributed by atoms with van der Waals surface area (Å²) in [6, 6.07) is 0.398. The van der Waals surface area contributed by atoms with Gasteiger partial charge in [-0.05, 0) is 32.2 Å². The number of carbonyl (C=O) groups excluding carboxylic acids is 1. The molecule has 1 saturated carbocycles. The molecule has 1 aliphatic carbocycles. The normalized spacial score (nSPS) is 14.3. The van der Waals surface area contributed by atoms with E-state index in [2.05, 4.69) is 10.6 Å². The third kappa shape index (κ3) is 6.44. The van der Waals surface area contributed by atoms with Crippen molar-refractivity contribution in [3.63, 3.8) is 0 Å². The Morgan fingerprint density at radius 2 is 2.06 bits per heavy atom. The van der Waals surface area contributed by atoms with Gasteiger partial charge in [0.2, 0.25) is 0 Å². The van der Waals surface area contributed by atoms with Crippen molar-refractivity contribution in [2.24, 2.45) is 0 Å². The molecule has 6 heteroatoms. The monoisotopic (exact) mass is 257 g/mol. The predicted molar refractivity (Wildman–Crippen MR) is 68.5 cm³/mol. The first-order valence-corrected chi connectivity index (χ1v) is 6.61. The van der Waals surface area contributed by atoms with Crippen LogP contribution in [-0.4, -0.2) is 54.2 Å². The highest BCUT2D eigenvalue weighted by molar-refractivity contribution is 5.80. The predicted octanol–water partition coefficient (Wildman–Crippen LogP) is 0.635. The average Bonchev–Trinajstić information content (AvgIpc) is 3.11. The Labute approximate surface area is 108 Å². The number of hydrogen-bond acceptors (Lipinski definition) is 3. The van der Waals surface area contributed by atoms with Crippen LogP contribution in [0.4, 0.5) is 4.79 Å². The minimum absolute atomic E-state index is 0.236. The number of hydrogen-bond donors (Lipinski definition) is 3. The van der Waals surface area contributed by atoms with Crippen LogP contribution < -0.4 is 10.6 Å². The lowest BCUT2D eigenvalue weighted by atomic mass is 10.4. The van der Waals surface area contributed by atoms with E-state index in [0.29, 0.717) is 19.1 Å². The summed E-state index contributed by atoms with van der Waals surface area (Å²) in [5.74, 6) is -0.978. The summed E-state index contributed by atoms with van der Waals surface area (Å²) >= 11 is 0. The molecule has 0 bridgehead atoms. The van der Waals surface area contributed by atoms with Gasteiger partial charge in [0.05, 0.1) is 0 Å². The van der Waals surface area contributed by atoms with Gasteiger partial charge in [-0.3, -0.25) is 4.79 Å². The molecule has 18 heavy (non-hydrogen) atoms. The molecule has 0 heterocycles. The topological polar surface area (TPSA) is 81.7 Å². The minimum atomic E-state index is -0.978. The lowest BCUT2D eigenvalue weighted by Crippen LogP contribution is -2.43. The van der Waals surface area contributed by atoms with Crippen LogP contribution in [0.15, 0.2) is 0 Å². The van der Waals surface area contributed by atoms with Crippen LogP contribution in [0.5, 0.6) is 0 Å². The second-order valence-electron chi connectivity index (χ2n) is 4.63. The molecule has 2 amide bonds. The van der Waals surface area contributed by atoms with Crippen molar-refractivity contribution < 1.29 is 14.7 Å². The van der Waals surface area contributed by atoms with E-state index in [4.69, 9.17) is 5.11 Å². The molecule has 0 radical (unpaired) electrons. The molecular weight excluding hydrogens is 234 g/mol. The molecule has 0 spiro atoms. The summed E-state index contributed by atoms with van der Waals surface area (Å²) in [5, 5.41) is 14.8. The zero-order valence-electron chi connectivity index (χ0n) is 10.9. The van der Waals surface area contributed by atoms with Crippen LogP contribution >= 0.6 is 0 Å². The van der Waals surface area contributed by atoms with Crippen molar-refractivity contribution >= 4 is 12.0 Å². The van der Waals surface area contributed by atoms with E-state index in [0.717, 1.165) is 19.4 Å². The smallest absolute Gasteiger partial charge is 0.323 e. The van der Waals surface area contributed by atoms with E-state index in [1.807, 2.05) is 6.92 Å². The Morgan fingerprint density at radius 1 is 1.33 bits per heavy atom. The first-order valence-electron chi connectivity index (χ1n) is 6.61. The van der Waals surface area contributed by atoms with Crippen molar-refractivity contribution in [3.05, 3.63) is 0 Å². The van der Waals surface area contributed by atoms with Gasteiger partial charge in [0.1, 0.15) is 6.54 Å². The second-order valence-corrected chi connectivity index (χ2v) is 4.63. The number of amides is 2. The molecule has 1 fully saturated rings. The van der Waals surface area contributed by atoms with E-state index in [1.54, 1.807) is 0 Å². The van der Waals surface area contributed by atoms with Gasteiger partial charge in [-0.25, -0.2) is 4.79 Å². The molecule has 6 nitrogen and oxygen atoms in total. The highest BCUT2D eigenvalue weighted by Crippen LogP contribution is 2.18. The maximum Gasteiger partial charge on any atom is 0.323 e. The van der Waals surface area contributed by atoms with Crippen molar-refractivity contribution in [1.29, 1.82) is 0 Å². The van der Waals surface area contributed by atoms with E-state index in [1.165, 1.54) is 17.7 Å². The maximum atomic E-state index is 11.7. The fourth-order valence-corrected chi connectivity index (χ4v) is 1.67. The molecule has 1 rings (SSSR count). The van der Waals surface area contributed by atoms with E-state index < -0.39 is 5.97 Å². The Morgan fingerprint density at radius 3 is 2.61 bits per heavy atom. The Kier molecular flexibility index (Phi) is 6.49. The molecule has 0 aromatic carbocycles. The van der Waals surface area contributed by atoms with Crippen LogP contribution in [0.1, 0.15) is 32.6 Å². The maximum absolute atomic E-state index is 11.7. The van der Waals surface area contributed by atoms with Crippen LogP contribution in [0.25, 0.3) is 0 Å². The first kappa shape index (κ1) is 14.8. The molecular formula is C12H23N3O3. The van der Waals surface area contributed by atoms with Crippen LogP contribution in [0, 0.1) is 0 Å².